The second-order valence-electron chi connectivity index (χ2n) is 3.31. The molecule has 0 aromatic heterocycles. The third-order valence-corrected chi connectivity index (χ3v) is 3.26. The molecule has 0 aromatic rings. The molecule has 84 valence electrons. The average molecular weight is 243 g/mol. The van der Waals surface area contributed by atoms with Gasteiger partial charge < -0.3 is 9.47 Å². The molecule has 0 bridgehead atoms. The predicted molar refractivity (Wildman–Crippen MR) is 54.0 cm³/mol. The third-order valence-electron chi connectivity index (χ3n) is 2.02. The molecule has 6 heteroatoms. The molecule has 0 aromatic carbocycles. The topological polar surface area (TPSA) is 52.6 Å². The Morgan fingerprint density at radius 1 is 1.43 bits per heavy atom. The lowest BCUT2D eigenvalue weighted by Gasteiger charge is -2.08. The van der Waals surface area contributed by atoms with Crippen molar-refractivity contribution in [3.05, 3.63) is 0 Å². The van der Waals surface area contributed by atoms with Gasteiger partial charge >= 0.3 is 0 Å². The van der Waals surface area contributed by atoms with E-state index in [1.165, 1.54) is 0 Å². The molecule has 1 atom stereocenters. The number of ether oxygens (including phenoxy) is 2. The fraction of sp³-hybridized carbons (Fsp3) is 1.00. The van der Waals surface area contributed by atoms with Crippen LogP contribution in [0.25, 0.3) is 0 Å². The second kappa shape index (κ2) is 5.90. The first-order valence-electron chi connectivity index (χ1n) is 4.69. The van der Waals surface area contributed by atoms with E-state index in [1.807, 2.05) is 0 Å². The molecule has 0 aliphatic carbocycles. The van der Waals surface area contributed by atoms with Gasteiger partial charge in [0.25, 0.3) is 0 Å². The van der Waals surface area contributed by atoms with Gasteiger partial charge in [-0.05, 0) is 19.3 Å². The van der Waals surface area contributed by atoms with E-state index < -0.39 is 9.05 Å². The number of unbranched alkanes of at least 4 members (excludes halogenated alkanes) is 1. The van der Waals surface area contributed by atoms with Gasteiger partial charge in [0.05, 0.1) is 18.5 Å². The van der Waals surface area contributed by atoms with Crippen molar-refractivity contribution in [3.63, 3.8) is 0 Å². The fourth-order valence-corrected chi connectivity index (χ4v) is 2.15. The summed E-state index contributed by atoms with van der Waals surface area (Å²) in [6.45, 7) is 2.01. The van der Waals surface area contributed by atoms with Crippen molar-refractivity contribution in [2.24, 2.45) is 0 Å². The molecule has 4 nitrogen and oxygen atoms in total. The van der Waals surface area contributed by atoms with Gasteiger partial charge in [0.2, 0.25) is 9.05 Å². The van der Waals surface area contributed by atoms with Gasteiger partial charge in [-0.15, -0.1) is 0 Å². The molecule has 0 radical (unpaired) electrons. The predicted octanol–water partition coefficient (Wildman–Crippen LogP) is 1.14. The van der Waals surface area contributed by atoms with Gasteiger partial charge in [-0.1, -0.05) is 0 Å². The Hall–Kier alpha value is 0.160. The fourth-order valence-electron chi connectivity index (χ4n) is 1.27. The monoisotopic (exact) mass is 242 g/mol. The largest absolute Gasteiger partial charge is 0.379 e. The van der Waals surface area contributed by atoms with E-state index in [-0.39, 0.29) is 11.9 Å². The zero-order valence-electron chi connectivity index (χ0n) is 7.95. The molecule has 1 unspecified atom stereocenters. The van der Waals surface area contributed by atoms with Crippen molar-refractivity contribution >= 4 is 19.7 Å². The van der Waals surface area contributed by atoms with Gasteiger partial charge in [-0.3, -0.25) is 0 Å². The summed E-state index contributed by atoms with van der Waals surface area (Å²) in [7, 11) is 1.72. The van der Waals surface area contributed by atoms with E-state index in [1.54, 1.807) is 0 Å². The van der Waals surface area contributed by atoms with Gasteiger partial charge in [0.1, 0.15) is 0 Å². The molecule has 14 heavy (non-hydrogen) atoms. The summed E-state index contributed by atoms with van der Waals surface area (Å²) >= 11 is 0. The Balaban J connectivity index is 1.94. The summed E-state index contributed by atoms with van der Waals surface area (Å²) in [5.74, 6) is 0.0269. The van der Waals surface area contributed by atoms with Crippen LogP contribution in [0, 0.1) is 0 Å². The minimum Gasteiger partial charge on any atom is -0.379 e. The maximum atomic E-state index is 10.6. The first-order valence-corrected chi connectivity index (χ1v) is 7.17. The Bertz CT molecular complexity index is 246. The summed E-state index contributed by atoms with van der Waals surface area (Å²) in [4.78, 5) is 0. The number of hydrogen-bond donors (Lipinski definition) is 0. The molecule has 0 N–H and O–H groups in total. The summed E-state index contributed by atoms with van der Waals surface area (Å²) in [6, 6.07) is 0. The van der Waals surface area contributed by atoms with E-state index in [0.717, 1.165) is 19.4 Å². The minimum absolute atomic E-state index is 0.0269. The molecule has 0 saturated carbocycles. The Morgan fingerprint density at radius 3 is 2.79 bits per heavy atom. The molecular weight excluding hydrogens is 228 g/mol. The van der Waals surface area contributed by atoms with Gasteiger partial charge in [-0.25, -0.2) is 8.42 Å². The normalized spacial score (nSPS) is 22.8. The summed E-state index contributed by atoms with van der Waals surface area (Å²) in [5.41, 5.74) is 0. The van der Waals surface area contributed by atoms with E-state index in [4.69, 9.17) is 20.2 Å². The average Bonchev–Trinajstić information content (AvgIpc) is 2.54. The number of rotatable bonds is 6. The van der Waals surface area contributed by atoms with Crippen LogP contribution in [0.1, 0.15) is 19.3 Å². The van der Waals surface area contributed by atoms with Gasteiger partial charge in [-0.2, -0.15) is 0 Å². The summed E-state index contributed by atoms with van der Waals surface area (Å²) in [5, 5.41) is 0. The highest BCUT2D eigenvalue weighted by molar-refractivity contribution is 8.13. The van der Waals surface area contributed by atoms with Crippen LogP contribution >= 0.6 is 10.7 Å². The molecule has 1 fully saturated rings. The standard InChI is InChI=1S/C8H15ClO4S/c9-14(10,11)6-2-1-4-13-8-3-5-12-7-8/h8H,1-7H2. The van der Waals surface area contributed by atoms with Crippen LogP contribution in [0.4, 0.5) is 0 Å². The molecule has 1 heterocycles. The van der Waals surface area contributed by atoms with Crippen molar-refractivity contribution in [3.8, 4) is 0 Å². The van der Waals surface area contributed by atoms with Gasteiger partial charge in [0.15, 0.2) is 0 Å². The van der Waals surface area contributed by atoms with Crippen molar-refractivity contribution in [2.45, 2.75) is 25.4 Å². The van der Waals surface area contributed by atoms with Crippen LogP contribution in [0.5, 0.6) is 0 Å². The first-order chi connectivity index (χ1) is 6.58. The van der Waals surface area contributed by atoms with E-state index in [9.17, 15) is 8.42 Å². The molecule has 0 amide bonds. The zero-order valence-corrected chi connectivity index (χ0v) is 9.52. The first kappa shape index (κ1) is 12.2. The Labute approximate surface area is 88.9 Å². The molecule has 1 aliphatic heterocycles. The second-order valence-corrected chi connectivity index (χ2v) is 6.20. The molecular formula is C8H15ClO4S. The smallest absolute Gasteiger partial charge is 0.232 e. The Kier molecular flexibility index (Phi) is 5.15. The maximum Gasteiger partial charge on any atom is 0.232 e. The quantitative estimate of drug-likeness (QED) is 0.518. The SMILES string of the molecule is O=S(=O)(Cl)CCCCOC1CCOC1. The molecule has 1 aliphatic rings. The van der Waals surface area contributed by atoms with Crippen molar-refractivity contribution in [2.75, 3.05) is 25.6 Å². The Morgan fingerprint density at radius 2 is 2.21 bits per heavy atom. The van der Waals surface area contributed by atoms with Crippen LogP contribution in [-0.4, -0.2) is 40.1 Å². The van der Waals surface area contributed by atoms with Crippen LogP contribution in [0.15, 0.2) is 0 Å². The summed E-state index contributed by atoms with van der Waals surface area (Å²) in [6.07, 6.45) is 2.41. The zero-order chi connectivity index (χ0) is 10.4. The highest BCUT2D eigenvalue weighted by Crippen LogP contribution is 2.09. The van der Waals surface area contributed by atoms with Crippen LogP contribution in [0.3, 0.4) is 0 Å². The molecule has 1 rings (SSSR count). The van der Waals surface area contributed by atoms with Crippen molar-refractivity contribution in [1.29, 1.82) is 0 Å². The number of hydrogen-bond acceptors (Lipinski definition) is 4. The molecule has 0 spiro atoms. The van der Waals surface area contributed by atoms with Crippen LogP contribution < -0.4 is 0 Å². The number of halogens is 1. The van der Waals surface area contributed by atoms with E-state index in [0.29, 0.717) is 19.6 Å². The molecule has 1 saturated heterocycles. The van der Waals surface area contributed by atoms with Crippen LogP contribution in [0.2, 0.25) is 0 Å². The highest BCUT2D eigenvalue weighted by atomic mass is 35.7. The summed E-state index contributed by atoms with van der Waals surface area (Å²) < 4.78 is 31.7. The lowest BCUT2D eigenvalue weighted by atomic mass is 10.3. The highest BCUT2D eigenvalue weighted by Gasteiger charge is 2.15. The lowest BCUT2D eigenvalue weighted by Crippen LogP contribution is -2.13. The van der Waals surface area contributed by atoms with E-state index in [2.05, 4.69) is 0 Å². The van der Waals surface area contributed by atoms with E-state index >= 15 is 0 Å². The maximum absolute atomic E-state index is 10.6. The third kappa shape index (κ3) is 5.80. The van der Waals surface area contributed by atoms with Crippen molar-refractivity contribution in [1.82, 2.24) is 0 Å². The van der Waals surface area contributed by atoms with Crippen molar-refractivity contribution < 1.29 is 17.9 Å². The minimum atomic E-state index is -3.33. The lowest BCUT2D eigenvalue weighted by molar-refractivity contribution is 0.0413. The van der Waals surface area contributed by atoms with Crippen LogP contribution in [-0.2, 0) is 18.5 Å². The van der Waals surface area contributed by atoms with Gasteiger partial charge in [0, 0.05) is 23.9 Å².